The van der Waals surface area contributed by atoms with Gasteiger partial charge in [-0.1, -0.05) is 24.3 Å². The third kappa shape index (κ3) is 3.88. The molecule has 3 heterocycles. The summed E-state index contributed by atoms with van der Waals surface area (Å²) in [6, 6.07) is 8.21. The fraction of sp³-hybridized carbons (Fsp3) is 0.409. The van der Waals surface area contributed by atoms with Crippen LogP contribution in [0.1, 0.15) is 35.5 Å². The molecule has 1 aromatic carbocycles. The van der Waals surface area contributed by atoms with Crippen molar-refractivity contribution in [2.24, 2.45) is 0 Å². The maximum atomic E-state index is 9.28. The summed E-state index contributed by atoms with van der Waals surface area (Å²) in [5.74, 6) is 0.923. The summed E-state index contributed by atoms with van der Waals surface area (Å²) in [6.45, 7) is 10.2. The van der Waals surface area contributed by atoms with Crippen molar-refractivity contribution in [1.29, 1.82) is 0 Å². The zero-order valence-electron chi connectivity index (χ0n) is 17.3. The van der Waals surface area contributed by atoms with Gasteiger partial charge in [-0.15, -0.1) is 0 Å². The number of benzene rings is 1. The van der Waals surface area contributed by atoms with Crippen LogP contribution in [0.4, 0.5) is 5.82 Å². The standard InChI is InChI=1S/C22H28N6O/c1-15-20(16(2)26-25-15)17(3)27-10-12-28(13-11-27)22-21(23-8-9-24-22)19-6-4-18(14-29)5-7-19/h4-9,17,29H,10-14H2,1-3H3,(H,25,26). The summed E-state index contributed by atoms with van der Waals surface area (Å²) in [5, 5.41) is 16.7. The van der Waals surface area contributed by atoms with Gasteiger partial charge in [-0.2, -0.15) is 5.10 Å². The van der Waals surface area contributed by atoms with Gasteiger partial charge in [0.25, 0.3) is 0 Å². The van der Waals surface area contributed by atoms with Gasteiger partial charge in [0.2, 0.25) is 0 Å². The number of anilines is 1. The molecule has 152 valence electrons. The number of aromatic nitrogens is 4. The lowest BCUT2D eigenvalue weighted by molar-refractivity contribution is 0.197. The second-order valence-corrected chi connectivity index (χ2v) is 7.63. The Kier molecular flexibility index (Phi) is 5.60. The molecule has 1 atom stereocenters. The second kappa shape index (κ2) is 8.31. The molecule has 0 radical (unpaired) electrons. The van der Waals surface area contributed by atoms with Crippen molar-refractivity contribution in [3.05, 3.63) is 59.2 Å². The number of aromatic amines is 1. The van der Waals surface area contributed by atoms with Crippen LogP contribution in [0.2, 0.25) is 0 Å². The van der Waals surface area contributed by atoms with Gasteiger partial charge in [-0.05, 0) is 26.3 Å². The number of aryl methyl sites for hydroxylation is 2. The highest BCUT2D eigenvalue weighted by molar-refractivity contribution is 5.72. The Morgan fingerprint density at radius 2 is 1.72 bits per heavy atom. The molecule has 7 heteroatoms. The molecule has 3 aromatic rings. The highest BCUT2D eigenvalue weighted by Crippen LogP contribution is 2.30. The maximum Gasteiger partial charge on any atom is 0.155 e. The van der Waals surface area contributed by atoms with Crippen LogP contribution in [-0.2, 0) is 6.61 Å². The normalized spacial score (nSPS) is 16.2. The Labute approximate surface area is 171 Å². The van der Waals surface area contributed by atoms with Crippen LogP contribution in [-0.4, -0.2) is 56.4 Å². The number of nitrogens with one attached hydrogen (secondary N) is 1. The highest BCUT2D eigenvalue weighted by Gasteiger charge is 2.27. The average molecular weight is 393 g/mol. The van der Waals surface area contributed by atoms with Crippen LogP contribution in [0.25, 0.3) is 11.3 Å². The van der Waals surface area contributed by atoms with Crippen molar-refractivity contribution in [2.75, 3.05) is 31.1 Å². The number of hydrogen-bond donors (Lipinski definition) is 2. The summed E-state index contributed by atoms with van der Waals surface area (Å²) in [7, 11) is 0. The van der Waals surface area contributed by atoms with Gasteiger partial charge in [0.05, 0.1) is 12.3 Å². The van der Waals surface area contributed by atoms with Crippen LogP contribution < -0.4 is 4.90 Å². The van der Waals surface area contributed by atoms with E-state index in [2.05, 4.69) is 50.7 Å². The largest absolute Gasteiger partial charge is 0.392 e. The number of aliphatic hydroxyl groups excluding tert-OH is 1. The minimum atomic E-state index is 0.0450. The molecule has 1 saturated heterocycles. The first-order chi connectivity index (χ1) is 14.1. The fourth-order valence-electron chi connectivity index (χ4n) is 4.21. The van der Waals surface area contributed by atoms with E-state index >= 15 is 0 Å². The molecule has 2 N–H and O–H groups in total. The molecule has 0 spiro atoms. The number of hydrogen-bond acceptors (Lipinski definition) is 6. The minimum Gasteiger partial charge on any atom is -0.392 e. The van der Waals surface area contributed by atoms with Gasteiger partial charge < -0.3 is 10.0 Å². The van der Waals surface area contributed by atoms with E-state index in [1.165, 1.54) is 5.56 Å². The zero-order valence-corrected chi connectivity index (χ0v) is 17.3. The third-order valence-electron chi connectivity index (χ3n) is 5.85. The third-order valence-corrected chi connectivity index (χ3v) is 5.85. The van der Waals surface area contributed by atoms with Crippen LogP contribution in [0, 0.1) is 13.8 Å². The number of rotatable bonds is 5. The Morgan fingerprint density at radius 3 is 2.34 bits per heavy atom. The first kappa shape index (κ1) is 19.5. The molecular weight excluding hydrogens is 364 g/mol. The predicted octanol–water partition coefficient (Wildman–Crippen LogP) is 2.86. The molecule has 7 nitrogen and oxygen atoms in total. The highest BCUT2D eigenvalue weighted by atomic mass is 16.3. The smallest absolute Gasteiger partial charge is 0.155 e. The minimum absolute atomic E-state index is 0.0450. The van der Waals surface area contributed by atoms with E-state index in [0.29, 0.717) is 6.04 Å². The summed E-state index contributed by atoms with van der Waals surface area (Å²) in [5.41, 5.74) is 6.35. The van der Waals surface area contributed by atoms with Crippen LogP contribution >= 0.6 is 0 Å². The SMILES string of the molecule is Cc1n[nH]c(C)c1C(C)N1CCN(c2nccnc2-c2ccc(CO)cc2)CC1. The summed E-state index contributed by atoms with van der Waals surface area (Å²) in [4.78, 5) is 14.1. The van der Waals surface area contributed by atoms with Gasteiger partial charge in [0.15, 0.2) is 5.82 Å². The van der Waals surface area contributed by atoms with E-state index in [9.17, 15) is 5.11 Å². The predicted molar refractivity (Wildman–Crippen MR) is 114 cm³/mol. The van der Waals surface area contributed by atoms with Gasteiger partial charge in [0.1, 0.15) is 5.69 Å². The van der Waals surface area contributed by atoms with E-state index in [1.54, 1.807) is 12.4 Å². The van der Waals surface area contributed by atoms with Crippen LogP contribution in [0.15, 0.2) is 36.7 Å². The molecule has 1 aliphatic rings. The summed E-state index contributed by atoms with van der Waals surface area (Å²) in [6.07, 6.45) is 3.50. The molecule has 0 amide bonds. The average Bonchev–Trinajstić information content (AvgIpc) is 3.11. The van der Waals surface area contributed by atoms with Crippen molar-refractivity contribution < 1.29 is 5.11 Å². The first-order valence-electron chi connectivity index (χ1n) is 10.1. The van der Waals surface area contributed by atoms with Crippen molar-refractivity contribution in [3.8, 4) is 11.3 Å². The Morgan fingerprint density at radius 1 is 1.03 bits per heavy atom. The van der Waals surface area contributed by atoms with E-state index in [0.717, 1.165) is 60.2 Å². The van der Waals surface area contributed by atoms with Crippen LogP contribution in [0.3, 0.4) is 0 Å². The molecule has 1 fully saturated rings. The van der Waals surface area contributed by atoms with Gasteiger partial charge >= 0.3 is 0 Å². The molecule has 0 aliphatic carbocycles. The molecule has 29 heavy (non-hydrogen) atoms. The van der Waals surface area contributed by atoms with Crippen molar-refractivity contribution in [3.63, 3.8) is 0 Å². The number of H-pyrrole nitrogens is 1. The molecule has 0 saturated carbocycles. The fourth-order valence-corrected chi connectivity index (χ4v) is 4.21. The van der Waals surface area contributed by atoms with E-state index < -0.39 is 0 Å². The Bertz CT molecular complexity index is 940. The summed E-state index contributed by atoms with van der Waals surface area (Å²) < 4.78 is 0. The van der Waals surface area contributed by atoms with Gasteiger partial charge in [-0.3, -0.25) is 15.0 Å². The van der Waals surface area contributed by atoms with Crippen molar-refractivity contribution >= 4 is 5.82 Å². The topological polar surface area (TPSA) is 81.2 Å². The Hall–Kier alpha value is -2.77. The lowest BCUT2D eigenvalue weighted by atomic mass is 10.0. The molecule has 1 aliphatic heterocycles. The molecule has 0 bridgehead atoms. The van der Waals surface area contributed by atoms with Gasteiger partial charge in [0, 0.05) is 61.4 Å². The molecule has 4 rings (SSSR count). The van der Waals surface area contributed by atoms with E-state index in [1.807, 2.05) is 24.3 Å². The number of nitrogens with zero attached hydrogens (tertiary/aromatic N) is 5. The molecule has 1 unspecified atom stereocenters. The van der Waals surface area contributed by atoms with Crippen molar-refractivity contribution in [1.82, 2.24) is 25.1 Å². The Balaban J connectivity index is 1.50. The maximum absolute atomic E-state index is 9.28. The number of aliphatic hydroxyl groups is 1. The van der Waals surface area contributed by atoms with E-state index in [-0.39, 0.29) is 6.61 Å². The zero-order chi connectivity index (χ0) is 20.4. The lowest BCUT2D eigenvalue weighted by Gasteiger charge is -2.39. The monoisotopic (exact) mass is 392 g/mol. The van der Waals surface area contributed by atoms with E-state index in [4.69, 9.17) is 0 Å². The quantitative estimate of drug-likeness (QED) is 0.695. The van der Waals surface area contributed by atoms with Gasteiger partial charge in [-0.25, -0.2) is 4.98 Å². The molecular formula is C22H28N6O. The second-order valence-electron chi connectivity index (χ2n) is 7.63. The molecule has 2 aromatic heterocycles. The first-order valence-corrected chi connectivity index (χ1v) is 10.1. The van der Waals surface area contributed by atoms with Crippen molar-refractivity contribution in [2.45, 2.75) is 33.4 Å². The number of piperazine rings is 1. The lowest BCUT2D eigenvalue weighted by Crippen LogP contribution is -2.47. The van der Waals surface area contributed by atoms with Crippen LogP contribution in [0.5, 0.6) is 0 Å². The summed E-state index contributed by atoms with van der Waals surface area (Å²) >= 11 is 0.